The number of benzene rings is 1. The number of nitrogens with two attached hydrogens (primary N) is 1. The van der Waals surface area contributed by atoms with Gasteiger partial charge in [0, 0.05) is 13.0 Å². The monoisotopic (exact) mass is 448 g/mol. The van der Waals surface area contributed by atoms with E-state index in [1.165, 1.54) is 4.90 Å². The normalized spacial score (nSPS) is 17.3. The first-order valence-corrected chi connectivity index (χ1v) is 10.3. The van der Waals surface area contributed by atoms with Gasteiger partial charge in [-0.1, -0.05) is 30.3 Å². The SMILES string of the molecule is NC(Cc1ccccc1)C(=O)N1CCCC1C(=O)NCC(=O)NC(CCC(=O)O)C(=O)O. The van der Waals surface area contributed by atoms with Gasteiger partial charge in [0.2, 0.25) is 17.7 Å². The number of carbonyl (C=O) groups is 5. The molecule has 1 aliphatic rings. The van der Waals surface area contributed by atoms with E-state index < -0.39 is 54.8 Å². The molecule has 11 nitrogen and oxygen atoms in total. The van der Waals surface area contributed by atoms with E-state index in [9.17, 15) is 24.0 Å². The third kappa shape index (κ3) is 7.34. The highest BCUT2D eigenvalue weighted by Crippen LogP contribution is 2.19. The summed E-state index contributed by atoms with van der Waals surface area (Å²) < 4.78 is 0. The number of hydrogen-bond donors (Lipinski definition) is 5. The molecule has 1 saturated heterocycles. The van der Waals surface area contributed by atoms with Crippen LogP contribution in [-0.4, -0.2) is 76.0 Å². The third-order valence-corrected chi connectivity index (χ3v) is 5.16. The van der Waals surface area contributed by atoms with Crippen LogP contribution in [-0.2, 0) is 30.4 Å². The van der Waals surface area contributed by atoms with E-state index in [-0.39, 0.29) is 12.3 Å². The van der Waals surface area contributed by atoms with Crippen LogP contribution in [0.2, 0.25) is 0 Å². The second kappa shape index (κ2) is 11.8. The number of hydrogen-bond acceptors (Lipinski definition) is 6. The van der Waals surface area contributed by atoms with E-state index in [2.05, 4.69) is 10.6 Å². The van der Waals surface area contributed by atoms with E-state index in [0.717, 1.165) is 5.56 Å². The van der Waals surface area contributed by atoms with Crippen molar-refractivity contribution in [1.82, 2.24) is 15.5 Å². The van der Waals surface area contributed by atoms with Gasteiger partial charge in [-0.3, -0.25) is 19.2 Å². The van der Waals surface area contributed by atoms with Gasteiger partial charge in [0.25, 0.3) is 0 Å². The Labute approximate surface area is 184 Å². The van der Waals surface area contributed by atoms with Gasteiger partial charge in [-0.2, -0.15) is 0 Å². The number of nitrogens with zero attached hydrogens (tertiary/aromatic N) is 1. The van der Waals surface area contributed by atoms with Crippen molar-refractivity contribution in [2.24, 2.45) is 5.73 Å². The van der Waals surface area contributed by atoms with Crippen molar-refractivity contribution in [3.05, 3.63) is 35.9 Å². The van der Waals surface area contributed by atoms with E-state index in [1.807, 2.05) is 30.3 Å². The topological polar surface area (TPSA) is 179 Å². The molecule has 0 spiro atoms. The maximum Gasteiger partial charge on any atom is 0.326 e. The third-order valence-electron chi connectivity index (χ3n) is 5.16. The summed E-state index contributed by atoms with van der Waals surface area (Å²) >= 11 is 0. The standard InChI is InChI=1S/C21H28N4O7/c22-14(11-13-5-2-1-3-6-13)20(30)25-10-4-7-16(25)19(29)23-12-17(26)24-15(21(31)32)8-9-18(27)28/h1-3,5-6,14-16H,4,7-12,22H2,(H,23,29)(H,24,26)(H,27,28)(H,31,32). The Morgan fingerprint density at radius 1 is 1.12 bits per heavy atom. The van der Waals surface area contributed by atoms with Crippen LogP contribution < -0.4 is 16.4 Å². The lowest BCUT2D eigenvalue weighted by atomic mass is 10.1. The van der Waals surface area contributed by atoms with E-state index in [4.69, 9.17) is 15.9 Å². The second-order valence-corrected chi connectivity index (χ2v) is 7.59. The lowest BCUT2D eigenvalue weighted by Gasteiger charge is -2.26. The van der Waals surface area contributed by atoms with Gasteiger partial charge in [-0.05, 0) is 31.2 Å². The van der Waals surface area contributed by atoms with Crippen molar-refractivity contribution in [2.45, 2.75) is 50.2 Å². The van der Waals surface area contributed by atoms with E-state index >= 15 is 0 Å². The molecule has 32 heavy (non-hydrogen) atoms. The highest BCUT2D eigenvalue weighted by molar-refractivity contribution is 5.93. The number of carboxylic acids is 2. The Bertz CT molecular complexity index is 846. The highest BCUT2D eigenvalue weighted by Gasteiger charge is 2.36. The lowest BCUT2D eigenvalue weighted by Crippen LogP contribution is -2.53. The summed E-state index contributed by atoms with van der Waals surface area (Å²) in [6, 6.07) is 6.33. The zero-order chi connectivity index (χ0) is 23.7. The average Bonchev–Trinajstić information content (AvgIpc) is 3.24. The highest BCUT2D eigenvalue weighted by atomic mass is 16.4. The Kier molecular flexibility index (Phi) is 9.14. The van der Waals surface area contributed by atoms with Crippen LogP contribution in [0.15, 0.2) is 30.3 Å². The smallest absolute Gasteiger partial charge is 0.326 e. The lowest BCUT2D eigenvalue weighted by molar-refractivity contribution is -0.143. The molecule has 3 amide bonds. The van der Waals surface area contributed by atoms with Crippen LogP contribution in [0.3, 0.4) is 0 Å². The van der Waals surface area contributed by atoms with Crippen LogP contribution >= 0.6 is 0 Å². The largest absolute Gasteiger partial charge is 0.481 e. The van der Waals surface area contributed by atoms with Crippen molar-refractivity contribution in [3.63, 3.8) is 0 Å². The summed E-state index contributed by atoms with van der Waals surface area (Å²) in [7, 11) is 0. The molecular formula is C21H28N4O7. The maximum absolute atomic E-state index is 12.8. The number of carbonyl (C=O) groups excluding carboxylic acids is 3. The molecule has 1 heterocycles. The predicted molar refractivity (Wildman–Crippen MR) is 112 cm³/mol. The first kappa shape index (κ1) is 24.8. The first-order chi connectivity index (χ1) is 15.2. The minimum Gasteiger partial charge on any atom is -0.481 e. The average molecular weight is 448 g/mol. The molecule has 0 bridgehead atoms. The summed E-state index contributed by atoms with van der Waals surface area (Å²) in [4.78, 5) is 60.5. The number of nitrogens with one attached hydrogen (secondary N) is 2. The zero-order valence-corrected chi connectivity index (χ0v) is 17.5. The number of carboxylic acid groups (broad SMARTS) is 2. The van der Waals surface area contributed by atoms with Crippen molar-refractivity contribution in [3.8, 4) is 0 Å². The molecule has 174 valence electrons. The Morgan fingerprint density at radius 2 is 1.81 bits per heavy atom. The van der Waals surface area contributed by atoms with E-state index in [0.29, 0.717) is 25.8 Å². The van der Waals surface area contributed by atoms with Gasteiger partial charge in [0.1, 0.15) is 12.1 Å². The molecule has 0 radical (unpaired) electrons. The maximum atomic E-state index is 12.8. The van der Waals surface area contributed by atoms with Crippen molar-refractivity contribution >= 4 is 29.7 Å². The minimum atomic E-state index is -1.38. The molecule has 2 rings (SSSR count). The summed E-state index contributed by atoms with van der Waals surface area (Å²) in [5.74, 6) is -4.21. The molecular weight excluding hydrogens is 420 g/mol. The molecule has 1 aliphatic heterocycles. The molecule has 3 atom stereocenters. The van der Waals surface area contributed by atoms with Gasteiger partial charge in [0.05, 0.1) is 12.6 Å². The summed E-state index contributed by atoms with van der Waals surface area (Å²) in [6.07, 6.45) is 0.665. The molecule has 1 aromatic rings. The van der Waals surface area contributed by atoms with Crippen LogP contribution in [0.4, 0.5) is 0 Å². The van der Waals surface area contributed by atoms with Gasteiger partial charge in [-0.25, -0.2) is 4.79 Å². The van der Waals surface area contributed by atoms with Crippen LogP contribution in [0, 0.1) is 0 Å². The van der Waals surface area contributed by atoms with Crippen LogP contribution in [0.5, 0.6) is 0 Å². The molecule has 3 unspecified atom stereocenters. The molecule has 0 saturated carbocycles. The molecule has 1 aromatic carbocycles. The number of amides is 3. The Morgan fingerprint density at radius 3 is 2.44 bits per heavy atom. The van der Waals surface area contributed by atoms with Gasteiger partial charge < -0.3 is 31.5 Å². The molecule has 0 aliphatic carbocycles. The first-order valence-electron chi connectivity index (χ1n) is 10.3. The fraction of sp³-hybridized carbons (Fsp3) is 0.476. The molecule has 1 fully saturated rings. The second-order valence-electron chi connectivity index (χ2n) is 7.59. The summed E-state index contributed by atoms with van der Waals surface area (Å²) in [6.45, 7) is -0.119. The zero-order valence-electron chi connectivity index (χ0n) is 17.5. The Balaban J connectivity index is 1.87. The molecule has 11 heteroatoms. The number of rotatable bonds is 11. The summed E-state index contributed by atoms with van der Waals surface area (Å²) in [5.41, 5.74) is 6.97. The molecule has 0 aromatic heterocycles. The van der Waals surface area contributed by atoms with Crippen LogP contribution in [0.1, 0.15) is 31.2 Å². The van der Waals surface area contributed by atoms with Gasteiger partial charge in [-0.15, -0.1) is 0 Å². The van der Waals surface area contributed by atoms with Crippen LogP contribution in [0.25, 0.3) is 0 Å². The van der Waals surface area contributed by atoms with Gasteiger partial charge in [0.15, 0.2) is 0 Å². The number of aliphatic carboxylic acids is 2. The predicted octanol–water partition coefficient (Wildman–Crippen LogP) is -0.902. The summed E-state index contributed by atoms with van der Waals surface area (Å²) in [5, 5.41) is 22.3. The quantitative estimate of drug-likeness (QED) is 0.289. The van der Waals surface area contributed by atoms with Gasteiger partial charge >= 0.3 is 11.9 Å². The van der Waals surface area contributed by atoms with Crippen molar-refractivity contribution in [2.75, 3.05) is 13.1 Å². The van der Waals surface area contributed by atoms with Crippen molar-refractivity contribution in [1.29, 1.82) is 0 Å². The number of likely N-dealkylation sites (tertiary alicyclic amines) is 1. The van der Waals surface area contributed by atoms with E-state index in [1.54, 1.807) is 0 Å². The minimum absolute atomic E-state index is 0.283. The molecule has 6 N–H and O–H groups in total. The fourth-order valence-corrected chi connectivity index (χ4v) is 3.53. The fourth-order valence-electron chi connectivity index (χ4n) is 3.53. The Hall–Kier alpha value is -3.47. The van der Waals surface area contributed by atoms with Crippen molar-refractivity contribution < 1.29 is 34.2 Å².